The van der Waals surface area contributed by atoms with Crippen LogP contribution in [-0.2, 0) is 10.4 Å². The Bertz CT molecular complexity index is 1040. The van der Waals surface area contributed by atoms with E-state index in [1.165, 1.54) is 18.2 Å². The topological polar surface area (TPSA) is 116 Å². The van der Waals surface area contributed by atoms with Gasteiger partial charge in [0.2, 0.25) is 11.5 Å². The second-order valence-corrected chi connectivity index (χ2v) is 5.47. The smallest absolute Gasteiger partial charge is 0.501 e. The number of nitrogens with zero attached hydrogens (tertiary/aromatic N) is 1. The van der Waals surface area contributed by atoms with Gasteiger partial charge in [-0.15, -0.1) is 8.42 Å². The van der Waals surface area contributed by atoms with Crippen molar-refractivity contribution >= 4 is 21.5 Å². The maximum Gasteiger partial charge on any atom is 0.501 e. The minimum Gasteiger partial charge on any atom is -0.504 e. The Morgan fingerprint density at radius 1 is 1.10 bits per heavy atom. The van der Waals surface area contributed by atoms with Crippen molar-refractivity contribution in [2.75, 3.05) is 0 Å². The van der Waals surface area contributed by atoms with Gasteiger partial charge in [-0.05, 0) is 12.1 Å². The van der Waals surface area contributed by atoms with E-state index in [2.05, 4.69) is 13.4 Å². The highest BCUT2D eigenvalue weighted by atomic mass is 32.3. The van der Waals surface area contributed by atoms with Crippen molar-refractivity contribution in [1.29, 1.82) is 0 Å². The first kappa shape index (κ1) is 12.0. The highest BCUT2D eigenvalue weighted by molar-refractivity contribution is 7.82. The van der Waals surface area contributed by atoms with Gasteiger partial charge in [0.25, 0.3) is 0 Å². The van der Waals surface area contributed by atoms with Crippen LogP contribution in [0.3, 0.4) is 0 Å². The number of fused-ring (bicyclic) bond motifs is 4. The van der Waals surface area contributed by atoms with Crippen LogP contribution in [0.2, 0.25) is 0 Å². The molecule has 0 spiro atoms. The van der Waals surface area contributed by atoms with Crippen molar-refractivity contribution in [3.8, 4) is 28.7 Å². The maximum atomic E-state index is 11.3. The van der Waals surface area contributed by atoms with Gasteiger partial charge in [-0.25, -0.2) is 4.98 Å². The third-order valence-electron chi connectivity index (χ3n) is 2.91. The van der Waals surface area contributed by atoms with Crippen LogP contribution < -0.4 is 13.8 Å². The van der Waals surface area contributed by atoms with E-state index in [1.807, 2.05) is 0 Å². The monoisotopic (exact) mass is 307 g/mol. The molecule has 8 nitrogen and oxygen atoms in total. The molecular formula is C12H5NO7S. The van der Waals surface area contributed by atoms with E-state index in [-0.39, 0.29) is 33.8 Å². The SMILES string of the molecule is O=c1ccc2nc3c4c(c(O)cc3oc-2c1)OS(=O)(=O)O4. The average molecular weight is 307 g/mol. The zero-order valence-electron chi connectivity index (χ0n) is 10.1. The summed E-state index contributed by atoms with van der Waals surface area (Å²) in [6.07, 6.45) is 0. The lowest BCUT2D eigenvalue weighted by molar-refractivity contribution is 0.419. The number of benzene rings is 2. The summed E-state index contributed by atoms with van der Waals surface area (Å²) in [7, 11) is -4.27. The number of aromatic hydroxyl groups is 1. The van der Waals surface area contributed by atoms with Crippen LogP contribution in [0.4, 0.5) is 0 Å². The molecule has 0 unspecified atom stereocenters. The van der Waals surface area contributed by atoms with Gasteiger partial charge in [0, 0.05) is 12.1 Å². The van der Waals surface area contributed by atoms with Crippen LogP contribution in [0, 0.1) is 0 Å². The van der Waals surface area contributed by atoms with E-state index in [1.54, 1.807) is 0 Å². The van der Waals surface area contributed by atoms with Crippen LogP contribution in [0.25, 0.3) is 22.6 Å². The Morgan fingerprint density at radius 3 is 2.67 bits per heavy atom. The third kappa shape index (κ3) is 1.71. The lowest BCUT2D eigenvalue weighted by Gasteiger charge is -2.07. The van der Waals surface area contributed by atoms with E-state index in [4.69, 9.17) is 4.42 Å². The maximum absolute atomic E-state index is 11.3. The summed E-state index contributed by atoms with van der Waals surface area (Å²) in [6, 6.07) is 5.11. The first-order valence-corrected chi connectivity index (χ1v) is 7.01. The van der Waals surface area contributed by atoms with Gasteiger partial charge in [0.15, 0.2) is 28.0 Å². The molecule has 4 rings (SSSR count). The van der Waals surface area contributed by atoms with E-state index in [0.29, 0.717) is 5.69 Å². The second-order valence-electron chi connectivity index (χ2n) is 4.32. The summed E-state index contributed by atoms with van der Waals surface area (Å²) in [5.74, 6) is -0.857. The lowest BCUT2D eigenvalue weighted by atomic mass is 10.2. The summed E-state index contributed by atoms with van der Waals surface area (Å²) in [5, 5.41) is 9.77. The van der Waals surface area contributed by atoms with Gasteiger partial charge in [0.1, 0.15) is 5.69 Å². The Kier molecular flexibility index (Phi) is 2.07. The molecule has 3 aliphatic rings. The first-order chi connectivity index (χ1) is 9.93. The zero-order valence-corrected chi connectivity index (χ0v) is 10.9. The molecule has 2 heterocycles. The number of hydrogen-bond acceptors (Lipinski definition) is 8. The Hall–Kier alpha value is -2.81. The van der Waals surface area contributed by atoms with Crippen molar-refractivity contribution in [3.05, 3.63) is 34.5 Å². The van der Waals surface area contributed by atoms with Crippen LogP contribution in [0.5, 0.6) is 17.2 Å². The summed E-state index contributed by atoms with van der Waals surface area (Å²) in [5.41, 5.74) is 0.197. The quantitative estimate of drug-likeness (QED) is 0.612. The lowest BCUT2D eigenvalue weighted by Crippen LogP contribution is -2.08. The fourth-order valence-corrected chi connectivity index (χ4v) is 2.82. The number of aromatic nitrogens is 1. The number of hydrogen-bond donors (Lipinski definition) is 1. The molecule has 1 aliphatic carbocycles. The molecule has 0 saturated heterocycles. The predicted molar refractivity (Wildman–Crippen MR) is 68.7 cm³/mol. The van der Waals surface area contributed by atoms with Crippen LogP contribution in [-0.4, -0.2) is 18.5 Å². The summed E-state index contributed by atoms with van der Waals surface area (Å²) >= 11 is 0. The molecule has 0 saturated carbocycles. The molecule has 106 valence electrons. The molecule has 0 amide bonds. The minimum atomic E-state index is -4.27. The van der Waals surface area contributed by atoms with E-state index in [9.17, 15) is 18.3 Å². The number of phenols is 1. The first-order valence-electron chi connectivity index (χ1n) is 5.67. The van der Waals surface area contributed by atoms with Crippen LogP contribution >= 0.6 is 0 Å². The Balaban J connectivity index is 2.15. The van der Waals surface area contributed by atoms with Gasteiger partial charge in [-0.2, -0.15) is 0 Å². The Morgan fingerprint density at radius 2 is 1.86 bits per heavy atom. The molecule has 1 aromatic carbocycles. The van der Waals surface area contributed by atoms with Gasteiger partial charge in [-0.1, -0.05) is 0 Å². The molecule has 2 aliphatic heterocycles. The van der Waals surface area contributed by atoms with Gasteiger partial charge >= 0.3 is 10.4 Å². The van der Waals surface area contributed by atoms with E-state index >= 15 is 0 Å². The van der Waals surface area contributed by atoms with Gasteiger partial charge in [-0.3, -0.25) is 4.79 Å². The van der Waals surface area contributed by atoms with Crippen molar-refractivity contribution in [1.82, 2.24) is 4.98 Å². The van der Waals surface area contributed by atoms with Crippen molar-refractivity contribution in [3.63, 3.8) is 0 Å². The molecule has 0 radical (unpaired) electrons. The summed E-state index contributed by atoms with van der Waals surface area (Å²) in [4.78, 5) is 15.5. The molecule has 1 N–H and O–H groups in total. The van der Waals surface area contributed by atoms with Crippen molar-refractivity contribution in [2.24, 2.45) is 0 Å². The number of rotatable bonds is 0. The molecule has 0 aromatic heterocycles. The van der Waals surface area contributed by atoms with Gasteiger partial charge < -0.3 is 17.9 Å². The van der Waals surface area contributed by atoms with E-state index < -0.39 is 16.1 Å². The van der Waals surface area contributed by atoms with E-state index in [0.717, 1.165) is 6.07 Å². The minimum absolute atomic E-state index is 0.0602. The molecule has 0 atom stereocenters. The van der Waals surface area contributed by atoms with Crippen LogP contribution in [0.15, 0.2) is 33.5 Å². The zero-order chi connectivity index (χ0) is 14.8. The fourth-order valence-electron chi connectivity index (χ4n) is 2.06. The fraction of sp³-hybridized carbons (Fsp3) is 0. The second kappa shape index (κ2) is 3.64. The predicted octanol–water partition coefficient (Wildman–Crippen LogP) is 1.01. The molecule has 1 aromatic rings. The molecular weight excluding hydrogens is 302 g/mol. The van der Waals surface area contributed by atoms with Crippen LogP contribution in [0.1, 0.15) is 0 Å². The summed E-state index contributed by atoms with van der Waals surface area (Å²) < 4.78 is 37.3. The van der Waals surface area contributed by atoms with Crippen molar-refractivity contribution in [2.45, 2.75) is 0 Å². The normalized spacial score (nSPS) is 15.6. The third-order valence-corrected chi connectivity index (χ3v) is 3.65. The highest BCUT2D eigenvalue weighted by Crippen LogP contribution is 2.48. The molecule has 9 heteroatoms. The summed E-state index contributed by atoms with van der Waals surface area (Å²) in [6.45, 7) is 0. The molecule has 21 heavy (non-hydrogen) atoms. The highest BCUT2D eigenvalue weighted by Gasteiger charge is 2.35. The number of phenolic OH excluding ortho intramolecular Hbond substituents is 1. The average Bonchev–Trinajstić information content (AvgIpc) is 2.73. The standard InChI is InChI=1S/C12H5NO7S/c14-5-1-2-6-8(3-5)18-9-4-7(15)11-12(10(9)13-6)20-21(16,17)19-11/h1-4,15H. The van der Waals surface area contributed by atoms with Crippen molar-refractivity contribution < 1.29 is 26.3 Å². The Labute approximate surface area is 116 Å². The van der Waals surface area contributed by atoms with Gasteiger partial charge in [0.05, 0.1) is 0 Å². The molecule has 0 fully saturated rings. The molecule has 0 bridgehead atoms. The largest absolute Gasteiger partial charge is 0.504 e.